The summed E-state index contributed by atoms with van der Waals surface area (Å²) in [6, 6.07) is 7.56. The van der Waals surface area contributed by atoms with Crippen molar-refractivity contribution in [3.05, 3.63) is 53.0 Å². The molecule has 7 heteroatoms. The molecule has 1 aliphatic heterocycles. The number of carbonyl (C=O) groups excluding carboxylic acids is 1. The minimum absolute atomic E-state index is 0.253. The Bertz CT molecular complexity index is 782. The van der Waals surface area contributed by atoms with E-state index in [-0.39, 0.29) is 12.6 Å². The molecule has 7 nitrogen and oxygen atoms in total. The highest BCUT2D eigenvalue weighted by molar-refractivity contribution is 5.92. The van der Waals surface area contributed by atoms with Crippen molar-refractivity contribution in [1.29, 1.82) is 0 Å². The molecular weight excluding hydrogens is 308 g/mol. The fraction of sp³-hybridized carbons (Fsp3) is 0.353. The molecule has 1 aliphatic rings. The number of anilines is 1. The van der Waals surface area contributed by atoms with Crippen molar-refractivity contribution in [2.24, 2.45) is 0 Å². The molecule has 1 aromatic carbocycles. The van der Waals surface area contributed by atoms with Crippen molar-refractivity contribution in [3.63, 3.8) is 0 Å². The molecule has 0 bridgehead atoms. The quantitative estimate of drug-likeness (QED) is 0.847. The predicted molar refractivity (Wildman–Crippen MR) is 88.5 cm³/mol. The highest BCUT2D eigenvalue weighted by Crippen LogP contribution is 2.35. The zero-order valence-electron chi connectivity index (χ0n) is 13.9. The van der Waals surface area contributed by atoms with Crippen LogP contribution in [0.5, 0.6) is 0 Å². The summed E-state index contributed by atoms with van der Waals surface area (Å²) in [5.41, 5.74) is 3.18. The molecule has 2 heterocycles. The maximum atomic E-state index is 12.6. The van der Waals surface area contributed by atoms with E-state index in [1.165, 1.54) is 6.33 Å². The monoisotopic (exact) mass is 328 g/mol. The summed E-state index contributed by atoms with van der Waals surface area (Å²) < 4.78 is 12.2. The van der Waals surface area contributed by atoms with E-state index >= 15 is 0 Å². The van der Waals surface area contributed by atoms with Gasteiger partial charge in [-0.15, -0.1) is 0 Å². The molecule has 1 aromatic heterocycles. The van der Waals surface area contributed by atoms with Crippen LogP contribution >= 0.6 is 0 Å². The molecule has 126 valence electrons. The first-order chi connectivity index (χ1) is 11.7. The Morgan fingerprint density at radius 1 is 1.42 bits per heavy atom. The Morgan fingerprint density at radius 2 is 2.25 bits per heavy atom. The number of hydrogen-bond acceptors (Lipinski definition) is 6. The van der Waals surface area contributed by atoms with Gasteiger partial charge in [0, 0.05) is 7.11 Å². The smallest absolute Gasteiger partial charge is 0.338 e. The van der Waals surface area contributed by atoms with Gasteiger partial charge in [-0.3, -0.25) is 0 Å². The highest BCUT2D eigenvalue weighted by atomic mass is 16.5. The van der Waals surface area contributed by atoms with Crippen LogP contribution in [0, 0.1) is 6.92 Å². The second kappa shape index (κ2) is 6.84. The molecule has 3 rings (SSSR count). The van der Waals surface area contributed by atoms with Crippen LogP contribution in [0.3, 0.4) is 0 Å². The fourth-order valence-electron chi connectivity index (χ4n) is 2.87. The van der Waals surface area contributed by atoms with Gasteiger partial charge < -0.3 is 14.8 Å². The van der Waals surface area contributed by atoms with Crippen LogP contribution in [0.25, 0.3) is 0 Å². The topological polar surface area (TPSA) is 78.3 Å². The summed E-state index contributed by atoms with van der Waals surface area (Å²) in [5, 5.41) is 7.42. The van der Waals surface area contributed by atoms with Gasteiger partial charge >= 0.3 is 5.97 Å². The summed E-state index contributed by atoms with van der Waals surface area (Å²) in [6.45, 7) is 4.35. The van der Waals surface area contributed by atoms with Crippen molar-refractivity contribution in [2.45, 2.75) is 19.9 Å². The fourth-order valence-corrected chi connectivity index (χ4v) is 2.87. The largest absolute Gasteiger partial charge is 0.463 e. The summed E-state index contributed by atoms with van der Waals surface area (Å²) in [4.78, 5) is 16.9. The van der Waals surface area contributed by atoms with E-state index in [4.69, 9.17) is 9.47 Å². The molecule has 1 unspecified atom stereocenters. The number of carbonyl (C=O) groups is 1. The van der Waals surface area contributed by atoms with Gasteiger partial charge in [0.1, 0.15) is 12.4 Å². The van der Waals surface area contributed by atoms with Crippen molar-refractivity contribution in [3.8, 4) is 0 Å². The summed E-state index contributed by atoms with van der Waals surface area (Å²) >= 11 is 0. The number of rotatable bonds is 5. The van der Waals surface area contributed by atoms with Gasteiger partial charge in [-0.05, 0) is 19.4 Å². The summed E-state index contributed by atoms with van der Waals surface area (Å²) in [7, 11) is 1.58. The minimum atomic E-state index is -0.409. The molecule has 0 saturated carbocycles. The molecular formula is C17H20N4O3. The van der Waals surface area contributed by atoms with Crippen molar-refractivity contribution in [1.82, 2.24) is 14.8 Å². The highest BCUT2D eigenvalue weighted by Gasteiger charge is 2.35. The predicted octanol–water partition coefficient (Wildman–Crippen LogP) is 2.07. The van der Waals surface area contributed by atoms with Gasteiger partial charge in [0.25, 0.3) is 0 Å². The van der Waals surface area contributed by atoms with E-state index < -0.39 is 6.04 Å². The number of hydrogen-bond donors (Lipinski definition) is 1. The first kappa shape index (κ1) is 16.2. The van der Waals surface area contributed by atoms with Crippen molar-refractivity contribution < 1.29 is 14.3 Å². The van der Waals surface area contributed by atoms with E-state index in [1.54, 1.807) is 18.7 Å². The number of nitrogens with one attached hydrogen (secondary N) is 1. The Kier molecular flexibility index (Phi) is 4.61. The second-order valence-corrected chi connectivity index (χ2v) is 5.52. The molecule has 1 N–H and O–H groups in total. The number of aryl methyl sites for hydroxylation is 1. The maximum absolute atomic E-state index is 12.6. The standard InChI is InChI=1S/C17H20N4O3/c1-4-24-16(22)14-13(9-23-3)20-17-18-10-19-21(17)15(14)12-7-5-6-11(2)8-12/h5-8,10,15H,4,9H2,1-3H3,(H,18,19,20). The van der Waals surface area contributed by atoms with Crippen LogP contribution in [-0.4, -0.2) is 41.1 Å². The maximum Gasteiger partial charge on any atom is 0.338 e. The van der Waals surface area contributed by atoms with E-state index in [2.05, 4.69) is 15.4 Å². The SMILES string of the molecule is CCOC(=O)C1=C(COC)Nc2ncnn2C1c1cccc(C)c1. The van der Waals surface area contributed by atoms with Crippen LogP contribution in [0.15, 0.2) is 41.9 Å². The Hall–Kier alpha value is -2.67. The summed E-state index contributed by atoms with van der Waals surface area (Å²) in [5.74, 6) is 0.186. The number of ether oxygens (including phenoxy) is 2. The van der Waals surface area contributed by atoms with Gasteiger partial charge in [0.05, 0.1) is 24.5 Å². The molecule has 0 spiro atoms. The van der Waals surface area contributed by atoms with E-state index in [9.17, 15) is 4.79 Å². The number of aromatic nitrogens is 3. The zero-order valence-corrected chi connectivity index (χ0v) is 13.9. The molecule has 1 atom stereocenters. The second-order valence-electron chi connectivity index (χ2n) is 5.52. The molecule has 0 aliphatic carbocycles. The molecule has 0 amide bonds. The van der Waals surface area contributed by atoms with Gasteiger partial charge in [0.2, 0.25) is 5.95 Å². The molecule has 2 aromatic rings. The Balaban J connectivity index is 2.17. The lowest BCUT2D eigenvalue weighted by molar-refractivity contribution is -0.139. The van der Waals surface area contributed by atoms with Crippen LogP contribution < -0.4 is 5.32 Å². The average molecular weight is 328 g/mol. The molecule has 0 fully saturated rings. The normalized spacial score (nSPS) is 16.5. The van der Waals surface area contributed by atoms with Crippen LogP contribution in [-0.2, 0) is 14.3 Å². The first-order valence-corrected chi connectivity index (χ1v) is 7.78. The van der Waals surface area contributed by atoms with Crippen molar-refractivity contribution >= 4 is 11.9 Å². The summed E-state index contributed by atoms with van der Waals surface area (Å²) in [6.07, 6.45) is 1.46. The van der Waals surface area contributed by atoms with Gasteiger partial charge in [0.15, 0.2) is 0 Å². The Labute approximate surface area is 140 Å². The van der Waals surface area contributed by atoms with E-state index in [0.717, 1.165) is 11.1 Å². The first-order valence-electron chi connectivity index (χ1n) is 7.78. The number of esters is 1. The van der Waals surface area contributed by atoms with E-state index in [0.29, 0.717) is 23.8 Å². The lowest BCUT2D eigenvalue weighted by Gasteiger charge is -2.29. The van der Waals surface area contributed by atoms with Gasteiger partial charge in [-0.2, -0.15) is 10.1 Å². The number of nitrogens with zero attached hydrogens (tertiary/aromatic N) is 3. The number of benzene rings is 1. The third-order valence-electron chi connectivity index (χ3n) is 3.82. The average Bonchev–Trinajstić information content (AvgIpc) is 3.02. The molecule has 0 radical (unpaired) electrons. The van der Waals surface area contributed by atoms with Crippen LogP contribution in [0.2, 0.25) is 0 Å². The molecule has 0 saturated heterocycles. The Morgan fingerprint density at radius 3 is 2.96 bits per heavy atom. The molecule has 24 heavy (non-hydrogen) atoms. The van der Waals surface area contributed by atoms with Crippen molar-refractivity contribution in [2.75, 3.05) is 25.6 Å². The third-order valence-corrected chi connectivity index (χ3v) is 3.82. The van der Waals surface area contributed by atoms with E-state index in [1.807, 2.05) is 31.2 Å². The lowest BCUT2D eigenvalue weighted by atomic mass is 9.94. The number of methoxy groups -OCH3 is 1. The minimum Gasteiger partial charge on any atom is -0.463 e. The lowest BCUT2D eigenvalue weighted by Crippen LogP contribution is -2.31. The van der Waals surface area contributed by atoms with Crippen LogP contribution in [0.4, 0.5) is 5.95 Å². The third kappa shape index (κ3) is 2.90. The van der Waals surface area contributed by atoms with Gasteiger partial charge in [-0.1, -0.05) is 29.8 Å². The van der Waals surface area contributed by atoms with Crippen LogP contribution in [0.1, 0.15) is 24.1 Å². The van der Waals surface area contributed by atoms with Gasteiger partial charge in [-0.25, -0.2) is 9.48 Å². The number of fused-ring (bicyclic) bond motifs is 1. The zero-order chi connectivity index (χ0) is 17.1.